The molecule has 0 bridgehead atoms. The molecular formula is C19H20N2O3. The Bertz CT molecular complexity index is 729. The Labute approximate surface area is 141 Å². The molecule has 124 valence electrons. The van der Waals surface area contributed by atoms with Crippen LogP contribution in [0, 0.1) is 0 Å². The first-order valence-corrected chi connectivity index (χ1v) is 8.25. The average Bonchev–Trinajstić information content (AvgIpc) is 3.33. The van der Waals surface area contributed by atoms with Crippen LogP contribution in [0.4, 0.5) is 5.69 Å². The maximum atomic E-state index is 12.4. The van der Waals surface area contributed by atoms with Gasteiger partial charge in [-0.05, 0) is 30.5 Å². The minimum absolute atomic E-state index is 0.00306. The third-order valence-corrected chi connectivity index (χ3v) is 4.29. The zero-order chi connectivity index (χ0) is 16.4. The second kappa shape index (κ2) is 6.53. The van der Waals surface area contributed by atoms with Crippen molar-refractivity contribution in [3.8, 4) is 11.5 Å². The number of rotatable bonds is 6. The molecule has 1 saturated carbocycles. The van der Waals surface area contributed by atoms with E-state index in [9.17, 15) is 4.79 Å². The Morgan fingerprint density at radius 3 is 2.67 bits per heavy atom. The number of benzene rings is 2. The van der Waals surface area contributed by atoms with Crippen LogP contribution in [-0.2, 0) is 11.3 Å². The van der Waals surface area contributed by atoms with Gasteiger partial charge in [0.05, 0.1) is 6.54 Å². The number of ether oxygens (including phenoxy) is 2. The number of carbonyl (C=O) groups excluding carboxylic acids is 1. The van der Waals surface area contributed by atoms with Crippen LogP contribution in [0.15, 0.2) is 48.5 Å². The zero-order valence-electron chi connectivity index (χ0n) is 13.4. The van der Waals surface area contributed by atoms with Gasteiger partial charge in [0, 0.05) is 24.3 Å². The van der Waals surface area contributed by atoms with Gasteiger partial charge in [0.15, 0.2) is 11.5 Å². The van der Waals surface area contributed by atoms with E-state index in [4.69, 9.17) is 9.47 Å². The molecule has 1 N–H and O–H groups in total. The average molecular weight is 324 g/mol. The van der Waals surface area contributed by atoms with E-state index in [2.05, 4.69) is 22.3 Å². The first-order chi connectivity index (χ1) is 11.8. The van der Waals surface area contributed by atoms with E-state index in [0.717, 1.165) is 18.0 Å². The van der Waals surface area contributed by atoms with Gasteiger partial charge >= 0.3 is 0 Å². The van der Waals surface area contributed by atoms with Crippen molar-refractivity contribution in [3.63, 3.8) is 0 Å². The maximum absolute atomic E-state index is 12.4. The summed E-state index contributed by atoms with van der Waals surface area (Å²) in [5.41, 5.74) is 1.97. The van der Waals surface area contributed by atoms with Gasteiger partial charge in [-0.25, -0.2) is 0 Å². The molecule has 0 unspecified atom stereocenters. The molecule has 0 aromatic heterocycles. The van der Waals surface area contributed by atoms with Crippen molar-refractivity contribution >= 4 is 11.6 Å². The van der Waals surface area contributed by atoms with E-state index in [0.29, 0.717) is 18.3 Å². The molecular weight excluding hydrogens is 304 g/mol. The monoisotopic (exact) mass is 324 g/mol. The lowest BCUT2D eigenvalue weighted by molar-refractivity contribution is -0.117. The second-order valence-electron chi connectivity index (χ2n) is 6.24. The molecule has 1 fully saturated rings. The molecule has 1 aliphatic heterocycles. The predicted octanol–water partition coefficient (Wildman–Crippen LogP) is 3.02. The van der Waals surface area contributed by atoms with Crippen molar-refractivity contribution in [2.24, 2.45) is 0 Å². The number of anilines is 1. The molecule has 1 amide bonds. The third-order valence-electron chi connectivity index (χ3n) is 4.29. The third kappa shape index (κ3) is 3.51. The summed E-state index contributed by atoms with van der Waals surface area (Å²) in [7, 11) is 0. The van der Waals surface area contributed by atoms with Gasteiger partial charge in [-0.2, -0.15) is 0 Å². The molecule has 0 radical (unpaired) electrons. The summed E-state index contributed by atoms with van der Waals surface area (Å²) in [4.78, 5) is 14.7. The zero-order valence-corrected chi connectivity index (χ0v) is 13.4. The van der Waals surface area contributed by atoms with E-state index in [1.165, 1.54) is 18.4 Å². The molecule has 0 saturated heterocycles. The smallest absolute Gasteiger partial charge is 0.238 e. The van der Waals surface area contributed by atoms with Crippen molar-refractivity contribution in [2.45, 2.75) is 25.4 Å². The van der Waals surface area contributed by atoms with Crippen molar-refractivity contribution in [3.05, 3.63) is 54.1 Å². The van der Waals surface area contributed by atoms with Crippen LogP contribution in [0.5, 0.6) is 11.5 Å². The van der Waals surface area contributed by atoms with E-state index in [-0.39, 0.29) is 12.7 Å². The summed E-state index contributed by atoms with van der Waals surface area (Å²) >= 11 is 0. The van der Waals surface area contributed by atoms with Crippen LogP contribution < -0.4 is 14.8 Å². The van der Waals surface area contributed by atoms with Crippen LogP contribution >= 0.6 is 0 Å². The lowest BCUT2D eigenvalue weighted by Crippen LogP contribution is -2.34. The Morgan fingerprint density at radius 1 is 1.08 bits per heavy atom. The van der Waals surface area contributed by atoms with Crippen LogP contribution in [0.2, 0.25) is 0 Å². The molecule has 1 aliphatic carbocycles. The highest BCUT2D eigenvalue weighted by molar-refractivity contribution is 5.92. The number of fused-ring (bicyclic) bond motifs is 1. The maximum Gasteiger partial charge on any atom is 0.238 e. The van der Waals surface area contributed by atoms with Crippen molar-refractivity contribution in [1.82, 2.24) is 4.90 Å². The molecule has 0 spiro atoms. The molecule has 1 heterocycles. The lowest BCUT2D eigenvalue weighted by atomic mass is 10.2. The summed E-state index contributed by atoms with van der Waals surface area (Å²) in [6, 6.07) is 16.3. The molecule has 5 nitrogen and oxygen atoms in total. The minimum atomic E-state index is -0.00306. The summed E-state index contributed by atoms with van der Waals surface area (Å²) in [5, 5.41) is 2.95. The van der Waals surface area contributed by atoms with Gasteiger partial charge in [-0.3, -0.25) is 9.69 Å². The van der Waals surface area contributed by atoms with E-state index >= 15 is 0 Å². The van der Waals surface area contributed by atoms with Crippen LogP contribution in [0.3, 0.4) is 0 Å². The van der Waals surface area contributed by atoms with E-state index in [1.54, 1.807) is 6.07 Å². The fourth-order valence-electron chi connectivity index (χ4n) is 2.93. The largest absolute Gasteiger partial charge is 0.454 e. The fraction of sp³-hybridized carbons (Fsp3) is 0.316. The summed E-state index contributed by atoms with van der Waals surface area (Å²) < 4.78 is 10.6. The molecule has 5 heteroatoms. The van der Waals surface area contributed by atoms with Crippen LogP contribution in [0.1, 0.15) is 18.4 Å². The Balaban J connectivity index is 1.38. The van der Waals surface area contributed by atoms with Crippen molar-refractivity contribution < 1.29 is 14.3 Å². The Hall–Kier alpha value is -2.53. The van der Waals surface area contributed by atoms with Gasteiger partial charge in [-0.1, -0.05) is 30.3 Å². The minimum Gasteiger partial charge on any atom is -0.454 e. The molecule has 4 rings (SSSR count). The molecule has 24 heavy (non-hydrogen) atoms. The molecule has 2 aromatic rings. The predicted molar refractivity (Wildman–Crippen MR) is 91.1 cm³/mol. The highest BCUT2D eigenvalue weighted by Crippen LogP contribution is 2.34. The SMILES string of the molecule is O=C(CN(Cc1ccccc1)C1CC1)Nc1ccc2c(c1)OCO2. The van der Waals surface area contributed by atoms with E-state index < -0.39 is 0 Å². The lowest BCUT2D eigenvalue weighted by Gasteiger charge is -2.21. The molecule has 0 atom stereocenters. The second-order valence-corrected chi connectivity index (χ2v) is 6.24. The number of hydrogen-bond acceptors (Lipinski definition) is 4. The van der Waals surface area contributed by atoms with Gasteiger partial charge in [0.1, 0.15) is 0 Å². The first kappa shape index (κ1) is 15.0. The fourth-order valence-corrected chi connectivity index (χ4v) is 2.93. The summed E-state index contributed by atoms with van der Waals surface area (Å²) in [6.07, 6.45) is 2.34. The Kier molecular flexibility index (Phi) is 4.09. The van der Waals surface area contributed by atoms with Gasteiger partial charge in [0.25, 0.3) is 0 Å². The van der Waals surface area contributed by atoms with Gasteiger partial charge < -0.3 is 14.8 Å². The van der Waals surface area contributed by atoms with Gasteiger partial charge in [-0.15, -0.1) is 0 Å². The van der Waals surface area contributed by atoms with Crippen LogP contribution in [0.25, 0.3) is 0 Å². The first-order valence-electron chi connectivity index (χ1n) is 8.25. The number of hydrogen-bond donors (Lipinski definition) is 1. The normalized spacial score (nSPS) is 15.5. The standard InChI is InChI=1S/C19H20N2O3/c22-19(20-15-6-9-17-18(10-15)24-13-23-17)12-21(16-7-8-16)11-14-4-2-1-3-5-14/h1-6,9-10,16H,7-8,11-13H2,(H,20,22). The number of nitrogens with zero attached hydrogens (tertiary/aromatic N) is 1. The quantitative estimate of drug-likeness (QED) is 0.887. The van der Waals surface area contributed by atoms with E-state index in [1.807, 2.05) is 30.3 Å². The summed E-state index contributed by atoms with van der Waals surface area (Å²) in [5.74, 6) is 1.39. The number of carbonyl (C=O) groups is 1. The molecule has 2 aromatic carbocycles. The summed E-state index contributed by atoms with van der Waals surface area (Å²) in [6.45, 7) is 1.44. The Morgan fingerprint density at radius 2 is 1.88 bits per heavy atom. The van der Waals surface area contributed by atoms with Crippen molar-refractivity contribution in [2.75, 3.05) is 18.7 Å². The topological polar surface area (TPSA) is 50.8 Å². The highest BCUT2D eigenvalue weighted by Gasteiger charge is 2.30. The number of amides is 1. The van der Waals surface area contributed by atoms with Crippen LogP contribution in [-0.4, -0.2) is 30.2 Å². The van der Waals surface area contributed by atoms with Gasteiger partial charge in [0.2, 0.25) is 12.7 Å². The highest BCUT2D eigenvalue weighted by atomic mass is 16.7. The number of nitrogens with one attached hydrogen (secondary N) is 1. The molecule has 2 aliphatic rings. The van der Waals surface area contributed by atoms with Crippen molar-refractivity contribution in [1.29, 1.82) is 0 Å².